The molecule has 0 radical (unpaired) electrons. The van der Waals surface area contributed by atoms with Crippen LogP contribution in [-0.4, -0.2) is 6.61 Å². The van der Waals surface area contributed by atoms with E-state index in [9.17, 15) is 0 Å². The maximum absolute atomic E-state index is 5.84. The minimum absolute atomic E-state index is 0.415. The fourth-order valence-corrected chi connectivity index (χ4v) is 1.22. The molecule has 2 heteroatoms. The van der Waals surface area contributed by atoms with Gasteiger partial charge in [-0.3, -0.25) is 0 Å². The highest BCUT2D eigenvalue weighted by Gasteiger charge is 2.07. The van der Waals surface area contributed by atoms with E-state index in [0.717, 1.165) is 11.1 Å². The normalized spacial score (nSPS) is 12.1. The van der Waals surface area contributed by atoms with Crippen molar-refractivity contribution in [3.8, 4) is 0 Å². The molecule has 14 heavy (non-hydrogen) atoms. The van der Waals surface area contributed by atoms with Crippen LogP contribution in [0.3, 0.4) is 0 Å². The smallest absolute Gasteiger partial charge is 0.132 e. The molecular formula is C12H15NO. The van der Waals surface area contributed by atoms with Crippen LogP contribution in [0.5, 0.6) is 0 Å². The molecule has 0 fully saturated rings. The molecule has 1 unspecified atom stereocenters. The second kappa shape index (κ2) is 5.37. The first-order valence-corrected chi connectivity index (χ1v) is 4.49. The molecule has 0 aliphatic heterocycles. The molecule has 0 amide bonds. The Morgan fingerprint density at radius 3 is 2.71 bits per heavy atom. The van der Waals surface area contributed by atoms with Crippen molar-refractivity contribution in [3.63, 3.8) is 0 Å². The molecule has 1 rings (SSSR count). The lowest BCUT2D eigenvalue weighted by Gasteiger charge is -2.14. The molecule has 0 heterocycles. The molecule has 0 aliphatic rings. The first-order chi connectivity index (χ1) is 6.79. The van der Waals surface area contributed by atoms with Crippen molar-refractivity contribution in [2.45, 2.75) is 6.23 Å². The Kier molecular flexibility index (Phi) is 4.11. The SMILES string of the molecule is C=CCOC(N)c1ccccc1C=C. The summed E-state index contributed by atoms with van der Waals surface area (Å²) in [6.45, 7) is 7.74. The second-order valence-electron chi connectivity index (χ2n) is 2.88. The van der Waals surface area contributed by atoms with Crippen LogP contribution in [0.25, 0.3) is 6.08 Å². The van der Waals surface area contributed by atoms with E-state index < -0.39 is 6.23 Å². The van der Waals surface area contributed by atoms with Gasteiger partial charge in [-0.05, 0) is 5.56 Å². The molecule has 0 aliphatic carbocycles. The van der Waals surface area contributed by atoms with Crippen LogP contribution in [0.15, 0.2) is 43.5 Å². The van der Waals surface area contributed by atoms with Crippen LogP contribution in [0.4, 0.5) is 0 Å². The van der Waals surface area contributed by atoms with Gasteiger partial charge in [0, 0.05) is 5.56 Å². The van der Waals surface area contributed by atoms with E-state index in [1.54, 1.807) is 12.2 Å². The standard InChI is InChI=1S/C12H15NO/c1-3-9-14-12(13)11-8-6-5-7-10(11)4-2/h3-8,12H,1-2,9,13H2. The molecule has 0 saturated heterocycles. The van der Waals surface area contributed by atoms with Crippen LogP contribution in [-0.2, 0) is 4.74 Å². The summed E-state index contributed by atoms with van der Waals surface area (Å²) in [7, 11) is 0. The van der Waals surface area contributed by atoms with Crippen molar-refractivity contribution in [2.75, 3.05) is 6.61 Å². The quantitative estimate of drug-likeness (QED) is 0.570. The molecule has 1 aromatic carbocycles. The molecule has 0 bridgehead atoms. The highest BCUT2D eigenvalue weighted by Crippen LogP contribution is 2.17. The lowest BCUT2D eigenvalue weighted by molar-refractivity contribution is 0.0793. The van der Waals surface area contributed by atoms with Crippen LogP contribution in [0, 0.1) is 0 Å². The molecule has 1 atom stereocenters. The predicted octanol–water partition coefficient (Wildman–Crippen LogP) is 2.49. The van der Waals surface area contributed by atoms with Gasteiger partial charge in [-0.25, -0.2) is 0 Å². The fourth-order valence-electron chi connectivity index (χ4n) is 1.22. The van der Waals surface area contributed by atoms with Crippen molar-refractivity contribution < 1.29 is 4.74 Å². The van der Waals surface area contributed by atoms with Crippen LogP contribution >= 0.6 is 0 Å². The van der Waals surface area contributed by atoms with Gasteiger partial charge in [0.25, 0.3) is 0 Å². The number of nitrogens with two attached hydrogens (primary N) is 1. The predicted molar refractivity (Wildman–Crippen MR) is 59.6 cm³/mol. The van der Waals surface area contributed by atoms with Gasteiger partial charge >= 0.3 is 0 Å². The van der Waals surface area contributed by atoms with Crippen LogP contribution in [0.1, 0.15) is 17.4 Å². The summed E-state index contributed by atoms with van der Waals surface area (Å²) < 4.78 is 5.33. The highest BCUT2D eigenvalue weighted by molar-refractivity contribution is 5.52. The van der Waals surface area contributed by atoms with E-state index in [2.05, 4.69) is 13.2 Å². The van der Waals surface area contributed by atoms with Gasteiger partial charge < -0.3 is 10.5 Å². The minimum Gasteiger partial charge on any atom is -0.355 e. The monoisotopic (exact) mass is 189 g/mol. The summed E-state index contributed by atoms with van der Waals surface area (Å²) in [5.41, 5.74) is 7.79. The first kappa shape index (κ1) is 10.7. The summed E-state index contributed by atoms with van der Waals surface area (Å²) in [4.78, 5) is 0. The number of hydrogen-bond donors (Lipinski definition) is 1. The molecule has 2 nitrogen and oxygen atoms in total. The summed E-state index contributed by atoms with van der Waals surface area (Å²) in [6, 6.07) is 7.77. The zero-order chi connectivity index (χ0) is 10.4. The maximum atomic E-state index is 5.84. The highest BCUT2D eigenvalue weighted by atomic mass is 16.5. The van der Waals surface area contributed by atoms with E-state index in [-0.39, 0.29) is 0 Å². The number of benzene rings is 1. The molecule has 2 N–H and O–H groups in total. The molecule has 0 saturated carbocycles. The zero-order valence-electron chi connectivity index (χ0n) is 8.15. The lowest BCUT2D eigenvalue weighted by Crippen LogP contribution is -2.15. The Balaban J connectivity index is 2.82. The van der Waals surface area contributed by atoms with Crippen molar-refractivity contribution >= 4 is 6.08 Å². The number of hydrogen-bond acceptors (Lipinski definition) is 2. The Labute approximate surface area is 84.7 Å². The van der Waals surface area contributed by atoms with Crippen LogP contribution in [0.2, 0.25) is 0 Å². The average Bonchev–Trinajstić information content (AvgIpc) is 2.25. The van der Waals surface area contributed by atoms with Gasteiger partial charge in [0.15, 0.2) is 0 Å². The van der Waals surface area contributed by atoms with Gasteiger partial charge in [0.05, 0.1) is 6.61 Å². The maximum Gasteiger partial charge on any atom is 0.132 e. The topological polar surface area (TPSA) is 35.2 Å². The van der Waals surface area contributed by atoms with E-state index in [1.165, 1.54) is 0 Å². The summed E-state index contributed by atoms with van der Waals surface area (Å²) in [5.74, 6) is 0. The number of ether oxygens (including phenoxy) is 1. The van der Waals surface area contributed by atoms with Crippen LogP contribution < -0.4 is 5.73 Å². The molecule has 0 spiro atoms. The van der Waals surface area contributed by atoms with Crippen molar-refractivity contribution in [2.24, 2.45) is 5.73 Å². The zero-order valence-corrected chi connectivity index (χ0v) is 8.15. The van der Waals surface area contributed by atoms with Gasteiger partial charge in [0.1, 0.15) is 6.23 Å². The third-order valence-corrected chi connectivity index (χ3v) is 1.92. The molecular weight excluding hydrogens is 174 g/mol. The Morgan fingerprint density at radius 1 is 1.36 bits per heavy atom. The van der Waals surface area contributed by atoms with Crippen molar-refractivity contribution in [3.05, 3.63) is 54.6 Å². The Hall–Kier alpha value is -1.38. The summed E-state index contributed by atoms with van der Waals surface area (Å²) >= 11 is 0. The Bertz CT molecular complexity index is 320. The first-order valence-electron chi connectivity index (χ1n) is 4.49. The van der Waals surface area contributed by atoms with Crippen molar-refractivity contribution in [1.82, 2.24) is 0 Å². The van der Waals surface area contributed by atoms with Gasteiger partial charge in [-0.2, -0.15) is 0 Å². The van der Waals surface area contributed by atoms with E-state index >= 15 is 0 Å². The summed E-state index contributed by atoms with van der Waals surface area (Å²) in [6.07, 6.45) is 3.03. The van der Waals surface area contributed by atoms with Gasteiger partial charge in [-0.15, -0.1) is 6.58 Å². The summed E-state index contributed by atoms with van der Waals surface area (Å²) in [5, 5.41) is 0. The molecule has 1 aromatic rings. The van der Waals surface area contributed by atoms with Crippen molar-refractivity contribution in [1.29, 1.82) is 0 Å². The fraction of sp³-hybridized carbons (Fsp3) is 0.167. The molecule has 74 valence electrons. The Morgan fingerprint density at radius 2 is 2.07 bits per heavy atom. The number of rotatable bonds is 5. The largest absolute Gasteiger partial charge is 0.355 e. The third-order valence-electron chi connectivity index (χ3n) is 1.92. The third kappa shape index (κ3) is 2.55. The van der Waals surface area contributed by atoms with Gasteiger partial charge in [-0.1, -0.05) is 43.0 Å². The van der Waals surface area contributed by atoms with E-state index in [1.807, 2.05) is 24.3 Å². The lowest BCUT2D eigenvalue weighted by atomic mass is 10.1. The van der Waals surface area contributed by atoms with E-state index in [4.69, 9.17) is 10.5 Å². The minimum atomic E-state index is -0.415. The van der Waals surface area contributed by atoms with Gasteiger partial charge in [0.2, 0.25) is 0 Å². The average molecular weight is 189 g/mol. The second-order valence-corrected chi connectivity index (χ2v) is 2.88. The van der Waals surface area contributed by atoms with E-state index in [0.29, 0.717) is 6.61 Å². The molecule has 0 aromatic heterocycles.